The average Bonchev–Trinajstić information content (AvgIpc) is 3.67. The second-order valence-electron chi connectivity index (χ2n) is 10.0. The summed E-state index contributed by atoms with van der Waals surface area (Å²) in [4.78, 5) is 17.5. The third-order valence-electron chi connectivity index (χ3n) is 7.17. The number of anilines is 1. The van der Waals surface area contributed by atoms with E-state index in [1.807, 2.05) is 6.07 Å². The van der Waals surface area contributed by atoms with Crippen molar-refractivity contribution < 1.29 is 22.4 Å². The fourth-order valence-corrected chi connectivity index (χ4v) is 4.70. The molecule has 40 heavy (non-hydrogen) atoms. The number of hydrogen-bond acceptors (Lipinski definition) is 5. The monoisotopic (exact) mass is 552 g/mol. The van der Waals surface area contributed by atoms with Crippen molar-refractivity contribution in [2.24, 2.45) is 17.4 Å². The summed E-state index contributed by atoms with van der Waals surface area (Å²) >= 11 is 0. The molecule has 0 radical (unpaired) electrons. The number of benzene rings is 2. The lowest BCUT2D eigenvalue weighted by Gasteiger charge is -2.31. The topological polar surface area (TPSA) is 112 Å². The molecule has 5 N–H and O–H groups in total. The lowest BCUT2D eigenvalue weighted by Crippen LogP contribution is -2.38. The summed E-state index contributed by atoms with van der Waals surface area (Å²) in [5.41, 5.74) is 11.8. The van der Waals surface area contributed by atoms with Crippen molar-refractivity contribution in [2.75, 3.05) is 5.32 Å². The Morgan fingerprint density at radius 3 is 2.52 bits per heavy atom. The van der Waals surface area contributed by atoms with Crippen LogP contribution in [0.25, 0.3) is 5.69 Å². The minimum absolute atomic E-state index is 0.138. The van der Waals surface area contributed by atoms with Gasteiger partial charge in [0.25, 0.3) is 5.91 Å². The van der Waals surface area contributed by atoms with Crippen LogP contribution in [0.1, 0.15) is 58.6 Å². The van der Waals surface area contributed by atoms with Crippen molar-refractivity contribution in [3.8, 4) is 5.69 Å². The molecule has 0 saturated heterocycles. The van der Waals surface area contributed by atoms with E-state index >= 15 is 0 Å². The summed E-state index contributed by atoms with van der Waals surface area (Å²) in [5.74, 6) is -1.15. The van der Waals surface area contributed by atoms with Gasteiger partial charge in [-0.15, -0.1) is 0 Å². The average molecular weight is 553 g/mol. The number of carbonyl (C=O) groups excluding carboxylic acids is 1. The highest BCUT2D eigenvalue weighted by Crippen LogP contribution is 2.40. The van der Waals surface area contributed by atoms with Crippen molar-refractivity contribution in [3.05, 3.63) is 107 Å². The zero-order valence-electron chi connectivity index (χ0n) is 21.5. The second kappa shape index (κ2) is 10.8. The normalized spacial score (nSPS) is 15.1. The highest BCUT2D eigenvalue weighted by molar-refractivity contribution is 6.03. The van der Waals surface area contributed by atoms with Crippen molar-refractivity contribution in [2.45, 2.75) is 43.9 Å². The number of carbonyl (C=O) groups is 1. The van der Waals surface area contributed by atoms with E-state index in [0.29, 0.717) is 29.5 Å². The number of alkyl halides is 3. The van der Waals surface area contributed by atoms with E-state index in [1.165, 1.54) is 24.3 Å². The molecular formula is C29H28F4N6O. The van der Waals surface area contributed by atoms with Gasteiger partial charge in [-0.2, -0.15) is 18.3 Å². The van der Waals surface area contributed by atoms with Crippen LogP contribution in [0.2, 0.25) is 0 Å². The van der Waals surface area contributed by atoms with E-state index < -0.39 is 34.8 Å². The van der Waals surface area contributed by atoms with Gasteiger partial charge in [0.2, 0.25) is 0 Å². The molecular weight excluding hydrogens is 524 g/mol. The molecule has 0 spiro atoms. The van der Waals surface area contributed by atoms with E-state index in [0.717, 1.165) is 29.5 Å². The molecule has 2 heterocycles. The number of nitrogens with two attached hydrogens (primary N) is 2. The third-order valence-corrected chi connectivity index (χ3v) is 7.17. The molecule has 0 bridgehead atoms. The van der Waals surface area contributed by atoms with Gasteiger partial charge in [-0.05, 0) is 65.8 Å². The Kier molecular flexibility index (Phi) is 7.43. The molecule has 1 aliphatic rings. The van der Waals surface area contributed by atoms with Gasteiger partial charge in [-0.25, -0.2) is 9.07 Å². The Labute approximate surface area is 228 Å². The molecule has 1 amide bonds. The molecule has 0 aliphatic heterocycles. The van der Waals surface area contributed by atoms with Crippen molar-refractivity contribution >= 4 is 11.6 Å². The first-order valence-corrected chi connectivity index (χ1v) is 12.9. The number of hydrogen-bond donors (Lipinski definition) is 3. The number of nitrogens with one attached hydrogen (secondary N) is 1. The van der Waals surface area contributed by atoms with Gasteiger partial charge in [0.15, 0.2) is 5.69 Å². The molecule has 4 aromatic rings. The maximum atomic E-state index is 15.0. The molecule has 7 nitrogen and oxygen atoms in total. The first-order chi connectivity index (χ1) is 19.1. The Bertz CT molecular complexity index is 1520. The van der Waals surface area contributed by atoms with Crippen LogP contribution in [-0.2, 0) is 18.3 Å². The second-order valence-corrected chi connectivity index (χ2v) is 10.0. The zero-order valence-corrected chi connectivity index (χ0v) is 21.5. The lowest BCUT2D eigenvalue weighted by molar-refractivity contribution is -0.141. The number of nitrogens with zero attached hydrogens (tertiary/aromatic N) is 3. The molecule has 11 heteroatoms. The number of pyridine rings is 1. The van der Waals surface area contributed by atoms with E-state index in [-0.39, 0.29) is 17.9 Å². The summed E-state index contributed by atoms with van der Waals surface area (Å²) in [6, 6.07) is 14.7. The molecule has 1 aliphatic carbocycles. The molecule has 2 aromatic carbocycles. The molecule has 208 valence electrons. The SMILES string of the molecule is NCc1cccc(-n2nc(C(F)(F)F)cc2C(=O)Nc2cc([C@](N)(CCC3CC3)c3cccnc3)ccc2F)c1. The van der Waals surface area contributed by atoms with Crippen molar-refractivity contribution in [3.63, 3.8) is 0 Å². The van der Waals surface area contributed by atoms with Gasteiger partial charge < -0.3 is 16.8 Å². The van der Waals surface area contributed by atoms with Crippen LogP contribution in [0.4, 0.5) is 23.2 Å². The fraction of sp³-hybridized carbons (Fsp3) is 0.276. The predicted octanol–water partition coefficient (Wildman–Crippen LogP) is 5.53. The van der Waals surface area contributed by atoms with E-state index in [1.54, 1.807) is 36.7 Å². The van der Waals surface area contributed by atoms with Crippen molar-refractivity contribution in [1.29, 1.82) is 0 Å². The molecule has 2 aromatic heterocycles. The maximum Gasteiger partial charge on any atom is 0.435 e. The van der Waals surface area contributed by atoms with Gasteiger partial charge in [0.1, 0.15) is 11.5 Å². The zero-order chi connectivity index (χ0) is 28.5. The van der Waals surface area contributed by atoms with Crippen LogP contribution in [0, 0.1) is 11.7 Å². The van der Waals surface area contributed by atoms with Gasteiger partial charge in [-0.1, -0.05) is 37.1 Å². The van der Waals surface area contributed by atoms with Gasteiger partial charge in [-0.3, -0.25) is 9.78 Å². The van der Waals surface area contributed by atoms with Gasteiger partial charge in [0, 0.05) is 25.0 Å². The summed E-state index contributed by atoms with van der Waals surface area (Å²) in [6.07, 6.45) is 2.18. The Balaban J connectivity index is 1.51. The van der Waals surface area contributed by atoms with E-state index in [2.05, 4.69) is 15.4 Å². The number of halogens is 4. The molecule has 1 fully saturated rings. The Hall–Kier alpha value is -4.09. The standard InChI is InChI=1S/C29H28F4N6O/c30-23-9-8-20(28(35,11-10-18-6-7-18)21-4-2-12-36-17-21)14-24(23)37-27(40)25-15-26(29(31,32)33)38-39(25)22-5-1-3-19(13-22)16-34/h1-5,8-9,12-15,17-18H,6-7,10-11,16,34-35H2,(H,37,40)/t28-/m1/s1. The molecule has 5 rings (SSSR count). The summed E-state index contributed by atoms with van der Waals surface area (Å²) < 4.78 is 56.6. The fourth-order valence-electron chi connectivity index (χ4n) is 4.70. The van der Waals surface area contributed by atoms with Crippen LogP contribution in [0.3, 0.4) is 0 Å². The molecule has 1 atom stereocenters. The smallest absolute Gasteiger partial charge is 0.326 e. The Morgan fingerprint density at radius 2 is 1.85 bits per heavy atom. The quantitative estimate of drug-likeness (QED) is 0.237. The Morgan fingerprint density at radius 1 is 1.05 bits per heavy atom. The highest BCUT2D eigenvalue weighted by Gasteiger charge is 2.37. The van der Waals surface area contributed by atoms with E-state index in [9.17, 15) is 22.4 Å². The summed E-state index contributed by atoms with van der Waals surface area (Å²) in [6.45, 7) is 0.138. The molecule has 1 saturated carbocycles. The molecule has 0 unspecified atom stereocenters. The van der Waals surface area contributed by atoms with Gasteiger partial charge in [0.05, 0.1) is 16.9 Å². The first-order valence-electron chi connectivity index (χ1n) is 12.9. The first kappa shape index (κ1) is 27.5. The van der Waals surface area contributed by atoms with Crippen LogP contribution in [0.5, 0.6) is 0 Å². The maximum absolute atomic E-state index is 15.0. The van der Waals surface area contributed by atoms with Crippen LogP contribution in [-0.4, -0.2) is 20.7 Å². The van der Waals surface area contributed by atoms with Crippen LogP contribution >= 0.6 is 0 Å². The minimum atomic E-state index is -4.80. The number of rotatable bonds is 9. The van der Waals surface area contributed by atoms with Gasteiger partial charge >= 0.3 is 6.18 Å². The van der Waals surface area contributed by atoms with E-state index in [4.69, 9.17) is 11.5 Å². The summed E-state index contributed by atoms with van der Waals surface area (Å²) in [7, 11) is 0. The summed E-state index contributed by atoms with van der Waals surface area (Å²) in [5, 5.41) is 6.06. The van der Waals surface area contributed by atoms with Crippen LogP contribution in [0.15, 0.2) is 73.1 Å². The van der Waals surface area contributed by atoms with Crippen LogP contribution < -0.4 is 16.8 Å². The number of aromatic nitrogens is 3. The third kappa shape index (κ3) is 5.75. The lowest BCUT2D eigenvalue weighted by atomic mass is 9.80. The highest BCUT2D eigenvalue weighted by atomic mass is 19.4. The number of amides is 1. The van der Waals surface area contributed by atoms with Crippen molar-refractivity contribution in [1.82, 2.24) is 14.8 Å². The minimum Gasteiger partial charge on any atom is -0.326 e. The largest absolute Gasteiger partial charge is 0.435 e. The predicted molar refractivity (Wildman–Crippen MR) is 142 cm³/mol.